The summed E-state index contributed by atoms with van der Waals surface area (Å²) in [6.07, 6.45) is 5.70. The molecule has 0 atom stereocenters. The first kappa shape index (κ1) is 11.1. The average molecular weight is 200 g/mol. The second kappa shape index (κ2) is 5.01. The molecule has 0 aliphatic rings. The van der Waals surface area contributed by atoms with Gasteiger partial charge >= 0.3 is 0 Å². The van der Waals surface area contributed by atoms with Gasteiger partial charge in [-0.1, -0.05) is 18.2 Å². The van der Waals surface area contributed by atoms with Crippen LogP contribution in [0.25, 0.3) is 5.57 Å². The summed E-state index contributed by atoms with van der Waals surface area (Å²) in [6.45, 7) is 5.57. The highest BCUT2D eigenvalue weighted by molar-refractivity contribution is 5.68. The maximum absolute atomic E-state index is 8.73. The lowest BCUT2D eigenvalue weighted by molar-refractivity contribution is 0.931. The third-order valence-corrected chi connectivity index (χ3v) is 1.76. The molecule has 0 aromatic carbocycles. The second-order valence-corrected chi connectivity index (χ2v) is 2.89. The Kier molecular flexibility index (Phi) is 3.69. The number of hydrogen-bond donors (Lipinski definition) is 0. The fraction of sp³-hybridized carbons (Fsp3) is 0.273. The highest BCUT2D eigenvalue weighted by Gasteiger charge is 2.05. The van der Waals surface area contributed by atoms with Crippen molar-refractivity contribution in [2.75, 3.05) is 0 Å². The highest BCUT2D eigenvalue weighted by Crippen LogP contribution is 2.10. The lowest BCUT2D eigenvalue weighted by Crippen LogP contribution is -2.01. The number of rotatable bonds is 2. The quantitative estimate of drug-likeness (QED) is 0.685. The van der Waals surface area contributed by atoms with E-state index in [1.165, 1.54) is 0 Å². The monoisotopic (exact) mass is 200 g/mol. The van der Waals surface area contributed by atoms with Crippen LogP contribution in [0.4, 0.5) is 0 Å². The topological polar surface area (TPSA) is 62.5 Å². The van der Waals surface area contributed by atoms with E-state index in [4.69, 9.17) is 5.26 Å². The summed E-state index contributed by atoms with van der Waals surface area (Å²) in [5.41, 5.74) is 0.888. The van der Waals surface area contributed by atoms with Crippen LogP contribution >= 0.6 is 0 Å². The lowest BCUT2D eigenvalue weighted by Gasteiger charge is -2.01. The highest BCUT2D eigenvalue weighted by atomic mass is 15.0. The van der Waals surface area contributed by atoms with Crippen LogP contribution in [0.5, 0.6) is 0 Å². The Morgan fingerprint density at radius 1 is 1.27 bits per heavy atom. The first-order chi connectivity index (χ1) is 7.21. The zero-order chi connectivity index (χ0) is 11.3. The molecular formula is C11H12N4. The maximum atomic E-state index is 8.73. The predicted octanol–water partition coefficient (Wildman–Crippen LogP) is 2.03. The Bertz CT molecular complexity index is 452. The molecule has 0 radical (unpaired) electrons. The minimum atomic E-state index is 0.154. The van der Waals surface area contributed by atoms with Crippen LogP contribution in [-0.4, -0.2) is 15.0 Å². The van der Waals surface area contributed by atoms with E-state index in [1.54, 1.807) is 6.92 Å². The van der Waals surface area contributed by atoms with Gasteiger partial charge < -0.3 is 0 Å². The molecule has 1 aromatic heterocycles. The molecule has 4 nitrogen and oxygen atoms in total. The van der Waals surface area contributed by atoms with Gasteiger partial charge in [0, 0.05) is 5.57 Å². The maximum Gasteiger partial charge on any atom is 0.235 e. The number of hydrogen-bond acceptors (Lipinski definition) is 4. The van der Waals surface area contributed by atoms with Crippen LogP contribution in [0.15, 0.2) is 18.2 Å². The SMILES string of the molecule is C/C=C\C(=C/C)c1nc(C)nc(C#N)n1. The summed E-state index contributed by atoms with van der Waals surface area (Å²) >= 11 is 0. The third kappa shape index (κ3) is 2.71. The molecule has 0 aliphatic heterocycles. The largest absolute Gasteiger partial charge is 0.235 e. The lowest BCUT2D eigenvalue weighted by atomic mass is 10.2. The first-order valence-electron chi connectivity index (χ1n) is 4.63. The number of allylic oxidation sites excluding steroid dienone is 4. The van der Waals surface area contributed by atoms with E-state index in [9.17, 15) is 0 Å². The first-order valence-corrected chi connectivity index (χ1v) is 4.63. The van der Waals surface area contributed by atoms with Gasteiger partial charge in [0.2, 0.25) is 5.82 Å². The molecule has 0 aliphatic carbocycles. The standard InChI is InChI=1S/C11H12N4/c1-4-6-9(5-2)11-14-8(3)13-10(7-12)15-11/h4-6H,1-3H3/b6-4-,9-5+. The van der Waals surface area contributed by atoms with E-state index in [2.05, 4.69) is 15.0 Å². The number of nitrogens with zero attached hydrogens (tertiary/aromatic N) is 4. The van der Waals surface area contributed by atoms with Crippen LogP contribution in [0.2, 0.25) is 0 Å². The molecule has 4 heteroatoms. The van der Waals surface area contributed by atoms with Crippen molar-refractivity contribution in [1.82, 2.24) is 15.0 Å². The molecule has 0 unspecified atom stereocenters. The molecule has 0 N–H and O–H groups in total. The summed E-state index contributed by atoms with van der Waals surface area (Å²) in [4.78, 5) is 12.1. The van der Waals surface area contributed by atoms with Gasteiger partial charge in [0.1, 0.15) is 11.9 Å². The van der Waals surface area contributed by atoms with Gasteiger partial charge in [0.15, 0.2) is 5.82 Å². The van der Waals surface area contributed by atoms with Gasteiger partial charge in [0.05, 0.1) is 0 Å². The Morgan fingerprint density at radius 3 is 2.53 bits per heavy atom. The van der Waals surface area contributed by atoms with Crippen LogP contribution in [-0.2, 0) is 0 Å². The van der Waals surface area contributed by atoms with E-state index < -0.39 is 0 Å². The normalized spacial score (nSPS) is 11.7. The fourth-order valence-electron chi connectivity index (χ4n) is 1.14. The van der Waals surface area contributed by atoms with Crippen molar-refractivity contribution in [2.24, 2.45) is 0 Å². The fourth-order valence-corrected chi connectivity index (χ4v) is 1.14. The Labute approximate surface area is 89.0 Å². The summed E-state index contributed by atoms with van der Waals surface area (Å²) in [7, 11) is 0. The molecule has 1 rings (SSSR count). The van der Waals surface area contributed by atoms with E-state index >= 15 is 0 Å². The Morgan fingerprint density at radius 2 is 2.00 bits per heavy atom. The van der Waals surface area contributed by atoms with Gasteiger partial charge in [-0.05, 0) is 20.8 Å². The average Bonchev–Trinajstić information content (AvgIpc) is 2.24. The molecule has 0 fully saturated rings. The van der Waals surface area contributed by atoms with Crippen molar-refractivity contribution in [3.63, 3.8) is 0 Å². The van der Waals surface area contributed by atoms with Crippen LogP contribution in [0.1, 0.15) is 31.3 Å². The van der Waals surface area contributed by atoms with Crippen molar-refractivity contribution < 1.29 is 0 Å². The van der Waals surface area contributed by atoms with E-state index in [0.717, 1.165) is 5.57 Å². The summed E-state index contributed by atoms with van der Waals surface area (Å²) in [6, 6.07) is 1.92. The van der Waals surface area contributed by atoms with Gasteiger partial charge in [-0.25, -0.2) is 9.97 Å². The minimum absolute atomic E-state index is 0.154. The molecule has 0 bridgehead atoms. The van der Waals surface area contributed by atoms with Crippen molar-refractivity contribution in [1.29, 1.82) is 5.26 Å². The second-order valence-electron chi connectivity index (χ2n) is 2.89. The van der Waals surface area contributed by atoms with Crippen molar-refractivity contribution in [2.45, 2.75) is 20.8 Å². The van der Waals surface area contributed by atoms with Gasteiger partial charge in [0.25, 0.3) is 0 Å². The number of aryl methyl sites for hydroxylation is 1. The van der Waals surface area contributed by atoms with Crippen LogP contribution in [0, 0.1) is 18.3 Å². The molecule has 0 saturated heterocycles. The number of nitriles is 1. The van der Waals surface area contributed by atoms with Crippen molar-refractivity contribution in [3.8, 4) is 6.07 Å². The molecule has 0 amide bonds. The number of aromatic nitrogens is 3. The Balaban J connectivity index is 3.26. The Hall–Kier alpha value is -2.02. The van der Waals surface area contributed by atoms with Crippen molar-refractivity contribution >= 4 is 5.57 Å². The third-order valence-electron chi connectivity index (χ3n) is 1.76. The molecule has 15 heavy (non-hydrogen) atoms. The molecule has 76 valence electrons. The van der Waals surface area contributed by atoms with Gasteiger partial charge in [-0.2, -0.15) is 10.2 Å². The van der Waals surface area contributed by atoms with Crippen molar-refractivity contribution in [3.05, 3.63) is 35.7 Å². The summed E-state index contributed by atoms with van der Waals surface area (Å²) < 4.78 is 0. The minimum Gasteiger partial charge on any atom is -0.213 e. The predicted molar refractivity (Wildman–Crippen MR) is 57.7 cm³/mol. The van der Waals surface area contributed by atoms with Gasteiger partial charge in [-0.15, -0.1) is 0 Å². The molecule has 1 aromatic rings. The van der Waals surface area contributed by atoms with Crippen LogP contribution in [0.3, 0.4) is 0 Å². The zero-order valence-corrected chi connectivity index (χ0v) is 9.02. The zero-order valence-electron chi connectivity index (χ0n) is 9.02. The molecular weight excluding hydrogens is 188 g/mol. The van der Waals surface area contributed by atoms with E-state index in [0.29, 0.717) is 11.6 Å². The molecule has 0 spiro atoms. The van der Waals surface area contributed by atoms with Crippen LogP contribution < -0.4 is 0 Å². The van der Waals surface area contributed by atoms with E-state index in [-0.39, 0.29) is 5.82 Å². The molecule has 0 saturated carbocycles. The van der Waals surface area contributed by atoms with Gasteiger partial charge in [-0.3, -0.25) is 0 Å². The molecule has 1 heterocycles. The van der Waals surface area contributed by atoms with E-state index in [1.807, 2.05) is 38.1 Å². The summed E-state index contributed by atoms with van der Waals surface area (Å²) in [5.74, 6) is 1.25. The summed E-state index contributed by atoms with van der Waals surface area (Å²) in [5, 5.41) is 8.73. The smallest absolute Gasteiger partial charge is 0.213 e.